The summed E-state index contributed by atoms with van der Waals surface area (Å²) < 4.78 is 0.917. The van der Waals surface area contributed by atoms with E-state index in [9.17, 15) is 4.79 Å². The number of piperidine rings is 1. The van der Waals surface area contributed by atoms with Gasteiger partial charge in [-0.25, -0.2) is 0 Å². The third kappa shape index (κ3) is 3.88. The van der Waals surface area contributed by atoms with Gasteiger partial charge in [-0.15, -0.1) is 0 Å². The van der Waals surface area contributed by atoms with Gasteiger partial charge in [-0.2, -0.15) is 0 Å². The fourth-order valence-corrected chi connectivity index (χ4v) is 4.15. The molecule has 0 spiro atoms. The third-order valence-corrected chi connectivity index (χ3v) is 5.67. The molecule has 0 saturated carbocycles. The maximum atomic E-state index is 13.3. The van der Waals surface area contributed by atoms with Gasteiger partial charge in [0.1, 0.15) is 0 Å². The van der Waals surface area contributed by atoms with Crippen LogP contribution in [0.2, 0.25) is 0 Å². The van der Waals surface area contributed by atoms with Gasteiger partial charge in [0.2, 0.25) is 0 Å². The molecule has 1 radical (unpaired) electrons. The molecule has 0 bridgehead atoms. The van der Waals surface area contributed by atoms with Gasteiger partial charge in [0.25, 0.3) is 5.91 Å². The quantitative estimate of drug-likeness (QED) is 0.701. The van der Waals surface area contributed by atoms with Crippen molar-refractivity contribution in [3.8, 4) is 0 Å². The number of hydrogen-bond acceptors (Lipinski definition) is 1. The van der Waals surface area contributed by atoms with Crippen molar-refractivity contribution in [1.29, 1.82) is 0 Å². The van der Waals surface area contributed by atoms with E-state index in [0.717, 1.165) is 49.2 Å². The Morgan fingerprint density at radius 3 is 2.09 bits per heavy atom. The second-order valence-corrected chi connectivity index (χ2v) is 6.56. The molecule has 0 aromatic heterocycles. The van der Waals surface area contributed by atoms with Crippen molar-refractivity contribution in [2.45, 2.75) is 53.5 Å². The van der Waals surface area contributed by atoms with Crippen LogP contribution in [0.25, 0.3) is 0 Å². The number of carbonyl (C=O) groups is 1. The van der Waals surface area contributed by atoms with Crippen molar-refractivity contribution in [1.82, 2.24) is 0 Å². The van der Waals surface area contributed by atoms with Crippen LogP contribution < -0.4 is 4.90 Å². The number of anilines is 1. The first kappa shape index (κ1) is 20.8. The molecule has 1 amide bonds. The summed E-state index contributed by atoms with van der Waals surface area (Å²) in [5, 5.41) is 0. The van der Waals surface area contributed by atoms with E-state index in [4.69, 9.17) is 0 Å². The summed E-state index contributed by atoms with van der Waals surface area (Å²) in [5.41, 5.74) is 3.55. The second kappa shape index (κ2) is 8.73. The Labute approximate surface area is 166 Å². The Morgan fingerprint density at radius 1 is 1.09 bits per heavy atom. The van der Waals surface area contributed by atoms with Gasteiger partial charge in [0.15, 0.2) is 6.04 Å². The maximum absolute atomic E-state index is 13.3. The number of quaternary nitrogens is 1. The number of likely N-dealkylation sites (N-methyl/N-ethyl adjacent to an activating group) is 1. The molecular weight excluding hydrogens is 361 g/mol. The van der Waals surface area contributed by atoms with Gasteiger partial charge in [0.05, 0.1) is 19.6 Å². The Balaban J connectivity index is 0.00000264. The molecule has 3 nitrogen and oxygen atoms in total. The molecule has 1 unspecified atom stereocenters. The molecule has 1 heterocycles. The predicted octanol–water partition coefficient (Wildman–Crippen LogP) is 3.67. The summed E-state index contributed by atoms with van der Waals surface area (Å²) >= 11 is 0. The molecule has 1 aromatic rings. The molecule has 1 fully saturated rings. The molecule has 0 aliphatic carbocycles. The number of carbonyl (C=O) groups excluding carboxylic acids is 1. The Morgan fingerprint density at radius 2 is 1.61 bits per heavy atom. The number of amides is 1. The minimum absolute atomic E-state index is 0. The van der Waals surface area contributed by atoms with Gasteiger partial charge >= 0.3 is 0 Å². The summed E-state index contributed by atoms with van der Waals surface area (Å²) in [7, 11) is 0. The van der Waals surface area contributed by atoms with Crippen LogP contribution in [-0.4, -0.2) is 42.6 Å². The van der Waals surface area contributed by atoms with E-state index >= 15 is 0 Å². The van der Waals surface area contributed by atoms with E-state index in [2.05, 4.69) is 57.7 Å². The van der Waals surface area contributed by atoms with Gasteiger partial charge in [-0.3, -0.25) is 4.79 Å². The van der Waals surface area contributed by atoms with Crippen molar-refractivity contribution < 1.29 is 42.0 Å². The monoisotopic (exact) mass is 392 g/mol. The Bertz CT molecular complexity index is 512. The number of nitrogens with zero attached hydrogens (tertiary/aromatic N) is 2. The van der Waals surface area contributed by atoms with E-state index in [0.29, 0.717) is 5.91 Å². The fraction of sp³-hybridized carbons (Fsp3) is 0.632. The average molecular weight is 392 g/mol. The smallest absolute Gasteiger partial charge is 0.285 e. The Kier molecular flexibility index (Phi) is 7.90. The fourth-order valence-electron chi connectivity index (χ4n) is 4.15. The number of hydrogen-bond donors (Lipinski definition) is 0. The number of para-hydroxylation sites is 1. The summed E-state index contributed by atoms with van der Waals surface area (Å²) in [5.74, 6) is 0.328. The molecule has 1 aliphatic rings. The summed E-state index contributed by atoms with van der Waals surface area (Å²) in [6.07, 6.45) is 2.12. The zero-order valence-electron chi connectivity index (χ0n) is 15.4. The normalized spacial score (nSPS) is 18.7. The molecule has 1 atom stereocenters. The van der Waals surface area contributed by atoms with Crippen LogP contribution in [0.1, 0.15) is 44.7 Å². The van der Waals surface area contributed by atoms with Crippen molar-refractivity contribution in [2.24, 2.45) is 0 Å². The third-order valence-electron chi connectivity index (χ3n) is 5.67. The number of benzene rings is 1. The van der Waals surface area contributed by atoms with E-state index in [-0.39, 0.29) is 38.8 Å². The van der Waals surface area contributed by atoms with Crippen LogP contribution in [0.5, 0.6) is 0 Å². The van der Waals surface area contributed by atoms with Gasteiger partial charge < -0.3 is 9.38 Å². The maximum Gasteiger partial charge on any atom is 0.285 e. The van der Waals surface area contributed by atoms with Crippen molar-refractivity contribution in [3.05, 3.63) is 29.3 Å². The summed E-state index contributed by atoms with van der Waals surface area (Å²) in [6.45, 7) is 14.8. The molecular formula is C19H31N2OY+. The second-order valence-electron chi connectivity index (χ2n) is 6.56. The molecule has 0 N–H and O–H groups in total. The van der Waals surface area contributed by atoms with Gasteiger partial charge in [-0.05, 0) is 52.2 Å². The molecule has 1 saturated heterocycles. The van der Waals surface area contributed by atoms with Crippen LogP contribution in [0.3, 0.4) is 0 Å². The van der Waals surface area contributed by atoms with Crippen LogP contribution in [-0.2, 0) is 37.5 Å². The minimum Gasteiger partial charge on any atom is -0.314 e. The first-order valence-corrected chi connectivity index (χ1v) is 8.74. The van der Waals surface area contributed by atoms with Crippen molar-refractivity contribution in [3.63, 3.8) is 0 Å². The van der Waals surface area contributed by atoms with E-state index in [1.165, 1.54) is 11.1 Å². The van der Waals surface area contributed by atoms with Gasteiger partial charge in [-0.1, -0.05) is 18.2 Å². The molecule has 2 rings (SSSR count). The van der Waals surface area contributed by atoms with Crippen LogP contribution in [0.4, 0.5) is 5.69 Å². The van der Waals surface area contributed by atoms with E-state index < -0.39 is 0 Å². The summed E-state index contributed by atoms with van der Waals surface area (Å²) in [4.78, 5) is 15.3. The first-order valence-electron chi connectivity index (χ1n) is 8.74. The van der Waals surface area contributed by atoms with Crippen LogP contribution in [0, 0.1) is 13.8 Å². The first-order chi connectivity index (χ1) is 10.5. The minimum atomic E-state index is 0. The topological polar surface area (TPSA) is 20.3 Å². The standard InChI is InChI=1S/C19H31N2O.Y/c1-6-21(7-2,8-3)17-13-10-14-20(19(17)22)18-15(4)11-9-12-16(18)5;/h9,11-12,17H,6-8,10,13-14H2,1-5H3;/q+1;. The zero-order chi connectivity index (χ0) is 16.3. The number of aryl methyl sites for hydroxylation is 2. The SMILES string of the molecule is CC[N+](CC)(CC)C1CCCN(c2c(C)cccc2C)C1=O.[Y]. The van der Waals surface area contributed by atoms with Crippen LogP contribution >= 0.6 is 0 Å². The predicted molar refractivity (Wildman–Crippen MR) is 93.2 cm³/mol. The zero-order valence-corrected chi connectivity index (χ0v) is 18.3. The van der Waals surface area contributed by atoms with E-state index in [1.807, 2.05) is 0 Å². The van der Waals surface area contributed by atoms with E-state index in [1.54, 1.807) is 0 Å². The number of rotatable bonds is 5. The van der Waals surface area contributed by atoms with Crippen molar-refractivity contribution >= 4 is 11.6 Å². The average Bonchev–Trinajstić information content (AvgIpc) is 2.52. The summed E-state index contributed by atoms with van der Waals surface area (Å²) in [6, 6.07) is 6.42. The molecule has 1 aliphatic heterocycles. The largest absolute Gasteiger partial charge is 0.314 e. The molecule has 23 heavy (non-hydrogen) atoms. The van der Waals surface area contributed by atoms with Crippen LogP contribution in [0.15, 0.2) is 18.2 Å². The van der Waals surface area contributed by atoms with Gasteiger partial charge in [0, 0.05) is 51.4 Å². The van der Waals surface area contributed by atoms with Crippen molar-refractivity contribution in [2.75, 3.05) is 31.1 Å². The molecule has 4 heteroatoms. The molecule has 125 valence electrons. The molecule has 1 aromatic carbocycles. The Hall–Kier alpha value is -0.246.